The summed E-state index contributed by atoms with van der Waals surface area (Å²) < 4.78 is 0. The van der Waals surface area contributed by atoms with E-state index >= 15 is 0 Å². The molecule has 0 radical (unpaired) electrons. The Kier molecular flexibility index (Phi) is 7.26. The summed E-state index contributed by atoms with van der Waals surface area (Å²) in [5.74, 6) is -0.0457. The van der Waals surface area contributed by atoms with Crippen molar-refractivity contribution in [2.45, 2.75) is 33.6 Å². The predicted octanol–water partition coefficient (Wildman–Crippen LogP) is 4.20. The van der Waals surface area contributed by atoms with Crippen molar-refractivity contribution >= 4 is 11.8 Å². The van der Waals surface area contributed by atoms with Gasteiger partial charge in [-0.1, -0.05) is 51.1 Å². The normalized spacial score (nSPS) is 17.4. The second kappa shape index (κ2) is 9.90. The first-order chi connectivity index (χ1) is 14.8. The fraction of sp³-hybridized carbons (Fsp3) is 0.423. The van der Waals surface area contributed by atoms with Gasteiger partial charge in [-0.15, -0.1) is 6.58 Å². The molecule has 0 spiro atoms. The van der Waals surface area contributed by atoms with Gasteiger partial charge in [-0.25, -0.2) is 0 Å². The second-order valence-electron chi connectivity index (χ2n) is 9.49. The summed E-state index contributed by atoms with van der Waals surface area (Å²) in [7, 11) is 0. The van der Waals surface area contributed by atoms with E-state index in [4.69, 9.17) is 0 Å². The van der Waals surface area contributed by atoms with Gasteiger partial charge in [-0.2, -0.15) is 0 Å². The maximum absolute atomic E-state index is 13.3. The fourth-order valence-corrected chi connectivity index (χ4v) is 4.03. The molecule has 1 aliphatic heterocycles. The minimum absolute atomic E-state index is 0.0808. The van der Waals surface area contributed by atoms with Gasteiger partial charge in [0.25, 0.3) is 0 Å². The molecule has 5 nitrogen and oxygen atoms in total. The van der Waals surface area contributed by atoms with Crippen LogP contribution in [0.1, 0.15) is 32.8 Å². The molecule has 0 aliphatic carbocycles. The smallest absolute Gasteiger partial charge is 0.228 e. The number of pyridine rings is 1. The minimum Gasteiger partial charge on any atom is -0.340 e. The van der Waals surface area contributed by atoms with Crippen LogP contribution in [0.25, 0.3) is 11.1 Å². The number of hydrogen-bond donors (Lipinski definition) is 0. The van der Waals surface area contributed by atoms with Crippen LogP contribution >= 0.6 is 0 Å². The van der Waals surface area contributed by atoms with Gasteiger partial charge in [0.15, 0.2) is 0 Å². The Hall–Kier alpha value is -2.95. The maximum Gasteiger partial charge on any atom is 0.228 e. The Labute approximate surface area is 185 Å². The average Bonchev–Trinajstić information content (AvgIpc) is 2.88. The third-order valence-corrected chi connectivity index (χ3v) is 5.55. The van der Waals surface area contributed by atoms with Crippen molar-refractivity contribution in [2.24, 2.45) is 11.3 Å². The van der Waals surface area contributed by atoms with Gasteiger partial charge < -0.3 is 9.80 Å². The van der Waals surface area contributed by atoms with Crippen molar-refractivity contribution in [1.29, 1.82) is 0 Å². The van der Waals surface area contributed by atoms with E-state index in [2.05, 4.69) is 50.5 Å². The first-order valence-corrected chi connectivity index (χ1v) is 10.9. The summed E-state index contributed by atoms with van der Waals surface area (Å²) >= 11 is 0. The summed E-state index contributed by atoms with van der Waals surface area (Å²) in [5, 5.41) is 0. The number of nitrogens with zero attached hydrogens (tertiary/aromatic N) is 3. The van der Waals surface area contributed by atoms with Crippen LogP contribution in [0.5, 0.6) is 0 Å². The molecule has 0 saturated carbocycles. The highest BCUT2D eigenvalue weighted by Gasteiger charge is 2.33. The molecule has 5 heteroatoms. The monoisotopic (exact) mass is 419 g/mol. The van der Waals surface area contributed by atoms with Crippen molar-refractivity contribution in [3.63, 3.8) is 0 Å². The number of amides is 2. The molecule has 1 atom stereocenters. The quantitative estimate of drug-likeness (QED) is 0.660. The van der Waals surface area contributed by atoms with Gasteiger partial charge in [0.2, 0.25) is 11.8 Å². The lowest BCUT2D eigenvalue weighted by atomic mass is 9.91. The van der Waals surface area contributed by atoms with Gasteiger partial charge in [-0.05, 0) is 40.7 Å². The summed E-state index contributed by atoms with van der Waals surface area (Å²) in [6.07, 6.45) is 6.40. The number of carbonyl (C=O) groups is 2. The van der Waals surface area contributed by atoms with Crippen LogP contribution in [0.3, 0.4) is 0 Å². The topological polar surface area (TPSA) is 53.5 Å². The molecule has 31 heavy (non-hydrogen) atoms. The number of carbonyl (C=O) groups excluding carboxylic acids is 2. The van der Waals surface area contributed by atoms with E-state index in [1.165, 1.54) is 0 Å². The highest BCUT2D eigenvalue weighted by Crippen LogP contribution is 2.25. The van der Waals surface area contributed by atoms with Crippen LogP contribution in [0.2, 0.25) is 0 Å². The van der Waals surface area contributed by atoms with E-state index in [9.17, 15) is 9.59 Å². The molecule has 164 valence electrons. The van der Waals surface area contributed by atoms with Crippen molar-refractivity contribution in [1.82, 2.24) is 14.8 Å². The number of benzene rings is 1. The summed E-state index contributed by atoms with van der Waals surface area (Å²) in [6.45, 7) is 12.1. The lowest BCUT2D eigenvalue weighted by Crippen LogP contribution is -2.38. The average molecular weight is 420 g/mol. The van der Waals surface area contributed by atoms with Crippen LogP contribution in [0.15, 0.2) is 61.4 Å². The standard InChI is InChI=1S/C26H33N3O2/c1-5-13-28-14-15-29(24(30)18-26(2,3)4)19-23(25(28)31)17-20-7-6-8-22(16-20)21-9-11-27-12-10-21/h5-12,16,23H,1,13-15,17-19H2,2-4H3/t23-/m1/s1. The molecule has 1 aromatic carbocycles. The van der Waals surface area contributed by atoms with E-state index in [-0.39, 0.29) is 23.1 Å². The molecule has 2 heterocycles. The predicted molar refractivity (Wildman–Crippen MR) is 124 cm³/mol. The molecule has 1 fully saturated rings. The zero-order valence-electron chi connectivity index (χ0n) is 18.9. The first kappa shape index (κ1) is 22.7. The number of hydrogen-bond acceptors (Lipinski definition) is 3. The van der Waals surface area contributed by atoms with Crippen molar-refractivity contribution in [2.75, 3.05) is 26.2 Å². The third kappa shape index (κ3) is 6.27. The molecular weight excluding hydrogens is 386 g/mol. The summed E-state index contributed by atoms with van der Waals surface area (Å²) in [6, 6.07) is 12.2. The van der Waals surface area contributed by atoms with Crippen molar-refractivity contribution in [3.8, 4) is 11.1 Å². The molecule has 0 bridgehead atoms. The Morgan fingerprint density at radius 3 is 2.58 bits per heavy atom. The number of aromatic nitrogens is 1. The molecule has 2 aromatic rings. The van der Waals surface area contributed by atoms with Gasteiger partial charge in [0, 0.05) is 45.0 Å². The van der Waals surface area contributed by atoms with Gasteiger partial charge >= 0.3 is 0 Å². The van der Waals surface area contributed by atoms with Crippen LogP contribution in [-0.4, -0.2) is 52.8 Å². The van der Waals surface area contributed by atoms with Crippen LogP contribution < -0.4 is 0 Å². The highest BCUT2D eigenvalue weighted by atomic mass is 16.2. The van der Waals surface area contributed by atoms with Gasteiger partial charge in [0.05, 0.1) is 5.92 Å². The molecule has 1 saturated heterocycles. The van der Waals surface area contributed by atoms with E-state index in [1.54, 1.807) is 18.5 Å². The van der Waals surface area contributed by atoms with E-state index < -0.39 is 0 Å². The van der Waals surface area contributed by atoms with E-state index in [1.807, 2.05) is 28.0 Å². The van der Waals surface area contributed by atoms with Gasteiger partial charge in [0.1, 0.15) is 0 Å². The van der Waals surface area contributed by atoms with Crippen molar-refractivity contribution < 1.29 is 9.59 Å². The summed E-state index contributed by atoms with van der Waals surface area (Å²) in [4.78, 5) is 34.0. The molecule has 3 rings (SSSR count). The third-order valence-electron chi connectivity index (χ3n) is 5.55. The van der Waals surface area contributed by atoms with Crippen LogP contribution in [0.4, 0.5) is 0 Å². The highest BCUT2D eigenvalue weighted by molar-refractivity contribution is 5.82. The van der Waals surface area contributed by atoms with E-state index in [0.29, 0.717) is 39.0 Å². The Bertz CT molecular complexity index is 918. The minimum atomic E-state index is -0.265. The number of rotatable bonds is 6. The Balaban J connectivity index is 1.83. The largest absolute Gasteiger partial charge is 0.340 e. The first-order valence-electron chi connectivity index (χ1n) is 10.9. The lowest BCUT2D eigenvalue weighted by molar-refractivity contribution is -0.135. The molecule has 0 unspecified atom stereocenters. The second-order valence-corrected chi connectivity index (χ2v) is 9.49. The summed E-state index contributed by atoms with van der Waals surface area (Å²) in [5.41, 5.74) is 3.21. The Morgan fingerprint density at radius 1 is 1.16 bits per heavy atom. The van der Waals surface area contributed by atoms with Crippen LogP contribution in [-0.2, 0) is 16.0 Å². The molecule has 2 amide bonds. The SMILES string of the molecule is C=CCN1CCN(C(=O)CC(C)(C)C)C[C@@H](Cc2cccc(-c3ccncc3)c2)C1=O. The van der Waals surface area contributed by atoms with Gasteiger partial charge in [-0.3, -0.25) is 14.6 Å². The zero-order chi connectivity index (χ0) is 22.4. The molecule has 1 aliphatic rings. The Morgan fingerprint density at radius 2 is 1.90 bits per heavy atom. The molecule has 0 N–H and O–H groups in total. The fourth-order valence-electron chi connectivity index (χ4n) is 4.03. The van der Waals surface area contributed by atoms with E-state index in [0.717, 1.165) is 16.7 Å². The lowest BCUT2D eigenvalue weighted by Gasteiger charge is -2.27. The molecule has 1 aromatic heterocycles. The van der Waals surface area contributed by atoms with Crippen molar-refractivity contribution in [3.05, 3.63) is 67.0 Å². The maximum atomic E-state index is 13.3. The molecular formula is C26H33N3O2. The zero-order valence-corrected chi connectivity index (χ0v) is 18.9. The van der Waals surface area contributed by atoms with Crippen LogP contribution in [0, 0.1) is 11.3 Å².